The third-order valence-electron chi connectivity index (χ3n) is 3.08. The first-order valence-electron chi connectivity index (χ1n) is 5.58. The van der Waals surface area contributed by atoms with E-state index in [-0.39, 0.29) is 5.54 Å². The second-order valence-corrected chi connectivity index (χ2v) is 4.87. The Bertz CT molecular complexity index is 154. The van der Waals surface area contributed by atoms with Gasteiger partial charge in [0.2, 0.25) is 0 Å². The summed E-state index contributed by atoms with van der Waals surface area (Å²) in [6.07, 6.45) is 5.02. The topological polar surface area (TPSA) is 29.3 Å². The summed E-state index contributed by atoms with van der Waals surface area (Å²) in [7, 11) is 0. The maximum atomic E-state index is 6.23. The first-order chi connectivity index (χ1) is 6.05. The molecule has 2 nitrogen and oxygen atoms in total. The van der Waals surface area contributed by atoms with Gasteiger partial charge in [0.25, 0.3) is 0 Å². The van der Waals surface area contributed by atoms with E-state index in [0.29, 0.717) is 0 Å². The fraction of sp³-hybridized carbons (Fsp3) is 1.00. The maximum absolute atomic E-state index is 6.23. The van der Waals surface area contributed by atoms with E-state index in [1.54, 1.807) is 0 Å². The zero-order valence-corrected chi connectivity index (χ0v) is 9.34. The van der Waals surface area contributed by atoms with Gasteiger partial charge in [-0.25, -0.2) is 0 Å². The molecule has 2 N–H and O–H groups in total. The molecule has 0 saturated carbocycles. The van der Waals surface area contributed by atoms with Gasteiger partial charge < -0.3 is 5.73 Å². The number of hydrogen-bond donors (Lipinski definition) is 1. The van der Waals surface area contributed by atoms with Crippen LogP contribution in [0.5, 0.6) is 0 Å². The molecule has 1 saturated heterocycles. The van der Waals surface area contributed by atoms with Crippen LogP contribution in [0, 0.1) is 0 Å². The lowest BCUT2D eigenvalue weighted by Gasteiger charge is -2.32. The first-order valence-corrected chi connectivity index (χ1v) is 5.58. The molecule has 1 heterocycles. The molecule has 0 amide bonds. The first kappa shape index (κ1) is 11.0. The third kappa shape index (κ3) is 3.28. The van der Waals surface area contributed by atoms with Crippen LogP contribution in [0.4, 0.5) is 0 Å². The van der Waals surface area contributed by atoms with Crippen molar-refractivity contribution in [2.45, 2.75) is 58.0 Å². The van der Waals surface area contributed by atoms with Gasteiger partial charge in [-0.3, -0.25) is 4.90 Å². The van der Waals surface area contributed by atoms with Crippen molar-refractivity contribution in [1.82, 2.24) is 4.90 Å². The van der Waals surface area contributed by atoms with E-state index in [1.807, 2.05) is 0 Å². The number of nitrogens with zero attached hydrogens (tertiary/aromatic N) is 1. The van der Waals surface area contributed by atoms with Crippen LogP contribution in [-0.2, 0) is 0 Å². The van der Waals surface area contributed by atoms with Gasteiger partial charge >= 0.3 is 0 Å². The normalized spacial score (nSPS) is 29.1. The van der Waals surface area contributed by atoms with E-state index in [9.17, 15) is 0 Å². The van der Waals surface area contributed by atoms with Gasteiger partial charge in [-0.2, -0.15) is 0 Å². The molecule has 78 valence electrons. The lowest BCUT2D eigenvalue weighted by molar-refractivity contribution is 0.204. The molecule has 0 aliphatic carbocycles. The van der Waals surface area contributed by atoms with Crippen LogP contribution in [0.15, 0.2) is 0 Å². The molecule has 0 aromatic carbocycles. The quantitative estimate of drug-likeness (QED) is 0.724. The lowest BCUT2D eigenvalue weighted by Crippen LogP contribution is -2.48. The van der Waals surface area contributed by atoms with Crippen molar-refractivity contribution in [2.75, 3.05) is 13.1 Å². The third-order valence-corrected chi connectivity index (χ3v) is 3.08. The Balaban J connectivity index is 2.37. The summed E-state index contributed by atoms with van der Waals surface area (Å²) in [5.41, 5.74) is 6.25. The van der Waals surface area contributed by atoms with Crippen LogP contribution in [0.2, 0.25) is 0 Å². The van der Waals surface area contributed by atoms with Crippen molar-refractivity contribution in [3.8, 4) is 0 Å². The van der Waals surface area contributed by atoms with E-state index in [2.05, 4.69) is 25.7 Å². The highest BCUT2D eigenvalue weighted by molar-refractivity contribution is 4.86. The summed E-state index contributed by atoms with van der Waals surface area (Å²) in [5, 5.41) is 0. The molecule has 13 heavy (non-hydrogen) atoms. The van der Waals surface area contributed by atoms with Gasteiger partial charge in [0.1, 0.15) is 0 Å². The van der Waals surface area contributed by atoms with Gasteiger partial charge in [0.05, 0.1) is 0 Å². The number of rotatable bonds is 4. The smallest absolute Gasteiger partial charge is 0.0254 e. The van der Waals surface area contributed by atoms with Crippen LogP contribution in [0.3, 0.4) is 0 Å². The minimum atomic E-state index is 0.0212. The van der Waals surface area contributed by atoms with Crippen molar-refractivity contribution in [3.05, 3.63) is 0 Å². The average molecular weight is 184 g/mol. The Morgan fingerprint density at radius 1 is 1.54 bits per heavy atom. The molecule has 0 aromatic heterocycles. The Labute approximate surface area is 82.5 Å². The molecule has 1 aliphatic heterocycles. The fourth-order valence-corrected chi connectivity index (χ4v) is 2.34. The van der Waals surface area contributed by atoms with Crippen molar-refractivity contribution in [2.24, 2.45) is 5.73 Å². The van der Waals surface area contributed by atoms with E-state index in [0.717, 1.165) is 19.0 Å². The summed E-state index contributed by atoms with van der Waals surface area (Å²) in [4.78, 5) is 2.54. The summed E-state index contributed by atoms with van der Waals surface area (Å²) in [6.45, 7) is 9.02. The largest absolute Gasteiger partial charge is 0.324 e. The highest BCUT2D eigenvalue weighted by Gasteiger charge is 2.27. The number of nitrogens with two attached hydrogens (primary N) is 1. The molecule has 0 bridgehead atoms. The van der Waals surface area contributed by atoms with Crippen LogP contribution < -0.4 is 5.73 Å². The summed E-state index contributed by atoms with van der Waals surface area (Å²) in [6, 6.07) is 0.750. The van der Waals surface area contributed by atoms with Crippen LogP contribution >= 0.6 is 0 Å². The Hall–Kier alpha value is -0.0800. The van der Waals surface area contributed by atoms with Crippen molar-refractivity contribution in [3.63, 3.8) is 0 Å². The Kier molecular flexibility index (Phi) is 3.74. The molecule has 2 unspecified atom stereocenters. The van der Waals surface area contributed by atoms with Gasteiger partial charge in [0, 0.05) is 18.1 Å². The second-order valence-electron chi connectivity index (χ2n) is 4.87. The molecule has 1 rings (SSSR count). The summed E-state index contributed by atoms with van der Waals surface area (Å²) >= 11 is 0. The lowest BCUT2D eigenvalue weighted by atomic mass is 9.96. The Morgan fingerprint density at radius 3 is 2.69 bits per heavy atom. The molecular formula is C11H24N2. The molecule has 0 spiro atoms. The predicted molar refractivity (Wildman–Crippen MR) is 57.8 cm³/mol. The van der Waals surface area contributed by atoms with E-state index < -0.39 is 0 Å². The fourth-order valence-electron chi connectivity index (χ4n) is 2.34. The minimum absolute atomic E-state index is 0.0212. The van der Waals surface area contributed by atoms with Crippen molar-refractivity contribution in [1.29, 1.82) is 0 Å². The van der Waals surface area contributed by atoms with Gasteiger partial charge in [-0.05, 0) is 39.7 Å². The standard InChI is InChI=1S/C11H24N2/c1-4-7-11(3,12)9-13-8-5-6-10(13)2/h10H,4-9,12H2,1-3H3. The summed E-state index contributed by atoms with van der Waals surface area (Å²) in [5.74, 6) is 0. The minimum Gasteiger partial charge on any atom is -0.324 e. The van der Waals surface area contributed by atoms with Crippen LogP contribution in [-0.4, -0.2) is 29.6 Å². The van der Waals surface area contributed by atoms with Crippen molar-refractivity contribution >= 4 is 0 Å². The molecule has 1 fully saturated rings. The average Bonchev–Trinajstić information content (AvgIpc) is 2.35. The molecule has 1 aliphatic rings. The zero-order valence-electron chi connectivity index (χ0n) is 9.34. The monoisotopic (exact) mass is 184 g/mol. The molecular weight excluding hydrogens is 160 g/mol. The number of hydrogen-bond acceptors (Lipinski definition) is 2. The van der Waals surface area contributed by atoms with Crippen molar-refractivity contribution < 1.29 is 0 Å². The highest BCUT2D eigenvalue weighted by Crippen LogP contribution is 2.20. The van der Waals surface area contributed by atoms with Gasteiger partial charge in [-0.15, -0.1) is 0 Å². The molecule has 2 heteroatoms. The summed E-state index contributed by atoms with van der Waals surface area (Å²) < 4.78 is 0. The maximum Gasteiger partial charge on any atom is 0.0254 e. The molecule has 0 aromatic rings. The van der Waals surface area contributed by atoms with E-state index >= 15 is 0 Å². The van der Waals surface area contributed by atoms with Gasteiger partial charge in [-0.1, -0.05) is 13.3 Å². The van der Waals surface area contributed by atoms with Crippen LogP contribution in [0.1, 0.15) is 46.5 Å². The zero-order chi connectivity index (χ0) is 9.90. The Morgan fingerprint density at radius 2 is 2.23 bits per heavy atom. The van der Waals surface area contributed by atoms with Gasteiger partial charge in [0.15, 0.2) is 0 Å². The predicted octanol–water partition coefficient (Wildman–Crippen LogP) is 1.99. The molecule has 0 radical (unpaired) electrons. The second kappa shape index (κ2) is 4.43. The number of likely N-dealkylation sites (tertiary alicyclic amines) is 1. The SMILES string of the molecule is CCCC(C)(N)CN1CCCC1C. The highest BCUT2D eigenvalue weighted by atomic mass is 15.2. The van der Waals surface area contributed by atoms with E-state index in [1.165, 1.54) is 25.8 Å². The molecule has 2 atom stereocenters. The van der Waals surface area contributed by atoms with E-state index in [4.69, 9.17) is 5.73 Å². The van der Waals surface area contributed by atoms with Crippen LogP contribution in [0.25, 0.3) is 0 Å².